The molecule has 2 aromatic carbocycles. The molecule has 0 fully saturated rings. The predicted molar refractivity (Wildman–Crippen MR) is 79.3 cm³/mol. The van der Waals surface area contributed by atoms with Gasteiger partial charge in [-0.2, -0.15) is 0 Å². The van der Waals surface area contributed by atoms with Crippen LogP contribution in [-0.4, -0.2) is 23.1 Å². The van der Waals surface area contributed by atoms with Crippen LogP contribution >= 0.6 is 0 Å². The molecule has 0 heterocycles. The van der Waals surface area contributed by atoms with Gasteiger partial charge < -0.3 is 10.0 Å². The number of hydrogen-bond donors (Lipinski definition) is 2. The summed E-state index contributed by atoms with van der Waals surface area (Å²) in [6.07, 6.45) is 0. The number of hydroxylamine groups is 1. The molecule has 2 N–H and O–H groups in total. The molecule has 2 amide bonds. The Hall–Kier alpha value is -2.53. The average Bonchev–Trinajstić information content (AvgIpc) is 2.50. The summed E-state index contributed by atoms with van der Waals surface area (Å²) >= 11 is 0. The molecule has 0 saturated carbocycles. The van der Waals surface area contributed by atoms with E-state index in [9.17, 15) is 9.90 Å². The first-order valence-corrected chi connectivity index (χ1v) is 6.60. The van der Waals surface area contributed by atoms with Gasteiger partial charge in [-0.1, -0.05) is 48.5 Å². The first-order chi connectivity index (χ1) is 10.2. The lowest BCUT2D eigenvalue weighted by Gasteiger charge is -2.18. The minimum Gasteiger partial charge on any atom is -0.508 e. The molecule has 0 aliphatic heterocycles. The van der Waals surface area contributed by atoms with Gasteiger partial charge in [-0.3, -0.25) is 4.84 Å². The number of phenolic OH excluding ortho intramolecular Hbond substituents is 1. The Labute approximate surface area is 123 Å². The van der Waals surface area contributed by atoms with E-state index < -0.39 is 0 Å². The van der Waals surface area contributed by atoms with Gasteiger partial charge in [0.25, 0.3) is 0 Å². The summed E-state index contributed by atoms with van der Waals surface area (Å²) in [6, 6.07) is 16.1. The standard InChI is InChI=1S/C16H18N2O3/c1-18(11-14-9-5-6-10-15(14)19)16(20)17-21-12-13-7-3-2-4-8-13/h2-10,19H,11-12H2,1H3,(H,17,20). The fourth-order valence-corrected chi connectivity index (χ4v) is 1.81. The van der Waals surface area contributed by atoms with Gasteiger partial charge in [-0.15, -0.1) is 0 Å². The molecule has 0 unspecified atom stereocenters. The monoisotopic (exact) mass is 286 g/mol. The van der Waals surface area contributed by atoms with Gasteiger partial charge >= 0.3 is 6.03 Å². The van der Waals surface area contributed by atoms with Crippen molar-refractivity contribution in [1.29, 1.82) is 0 Å². The lowest BCUT2D eigenvalue weighted by atomic mass is 10.2. The first kappa shape index (κ1) is 14.9. The van der Waals surface area contributed by atoms with Crippen molar-refractivity contribution >= 4 is 6.03 Å². The molecule has 0 aliphatic rings. The molecular weight excluding hydrogens is 268 g/mol. The highest BCUT2D eigenvalue weighted by molar-refractivity contribution is 5.72. The highest BCUT2D eigenvalue weighted by atomic mass is 16.7. The molecule has 0 atom stereocenters. The third-order valence-corrected chi connectivity index (χ3v) is 2.99. The Morgan fingerprint density at radius 3 is 2.52 bits per heavy atom. The molecule has 0 saturated heterocycles. The second kappa shape index (κ2) is 7.31. The van der Waals surface area contributed by atoms with Crippen molar-refractivity contribution < 1.29 is 14.7 Å². The van der Waals surface area contributed by atoms with Crippen LogP contribution in [0.25, 0.3) is 0 Å². The van der Waals surface area contributed by atoms with Gasteiger partial charge in [0.05, 0.1) is 13.2 Å². The van der Waals surface area contributed by atoms with Gasteiger partial charge in [0.1, 0.15) is 5.75 Å². The molecule has 110 valence electrons. The van der Waals surface area contributed by atoms with E-state index in [-0.39, 0.29) is 11.8 Å². The van der Waals surface area contributed by atoms with Crippen LogP contribution in [0.2, 0.25) is 0 Å². The summed E-state index contributed by atoms with van der Waals surface area (Å²) in [5, 5.41) is 9.68. The Kier molecular flexibility index (Phi) is 5.17. The van der Waals surface area contributed by atoms with E-state index in [1.165, 1.54) is 4.90 Å². The van der Waals surface area contributed by atoms with E-state index in [4.69, 9.17) is 4.84 Å². The van der Waals surface area contributed by atoms with Crippen molar-refractivity contribution in [1.82, 2.24) is 10.4 Å². The number of hydrogen-bond acceptors (Lipinski definition) is 3. The number of amides is 2. The maximum Gasteiger partial charge on any atom is 0.341 e. The van der Waals surface area contributed by atoms with E-state index in [1.54, 1.807) is 25.2 Å². The van der Waals surface area contributed by atoms with Gasteiger partial charge in [-0.25, -0.2) is 10.3 Å². The Morgan fingerprint density at radius 1 is 1.14 bits per heavy atom. The Bertz CT molecular complexity index is 587. The van der Waals surface area contributed by atoms with Gasteiger partial charge in [-0.05, 0) is 11.6 Å². The number of nitrogens with zero attached hydrogens (tertiary/aromatic N) is 1. The van der Waals surface area contributed by atoms with Crippen LogP contribution in [0.3, 0.4) is 0 Å². The van der Waals surface area contributed by atoms with E-state index in [0.29, 0.717) is 18.7 Å². The van der Waals surface area contributed by atoms with Crippen molar-refractivity contribution in [3.63, 3.8) is 0 Å². The largest absolute Gasteiger partial charge is 0.508 e. The number of carbonyl (C=O) groups is 1. The zero-order valence-electron chi connectivity index (χ0n) is 11.8. The lowest BCUT2D eigenvalue weighted by Crippen LogP contribution is -2.36. The molecule has 5 heteroatoms. The normalized spacial score (nSPS) is 10.1. The predicted octanol–water partition coefficient (Wildman–Crippen LogP) is 2.67. The first-order valence-electron chi connectivity index (χ1n) is 6.60. The second-order valence-corrected chi connectivity index (χ2v) is 4.67. The maximum absolute atomic E-state index is 11.9. The molecule has 0 radical (unpaired) electrons. The van der Waals surface area contributed by atoms with Gasteiger partial charge in [0.2, 0.25) is 0 Å². The number of nitrogens with one attached hydrogen (secondary N) is 1. The highest BCUT2D eigenvalue weighted by Gasteiger charge is 2.10. The zero-order valence-corrected chi connectivity index (χ0v) is 11.8. The summed E-state index contributed by atoms with van der Waals surface area (Å²) in [6.45, 7) is 0.601. The van der Waals surface area contributed by atoms with Crippen LogP contribution in [0.4, 0.5) is 4.79 Å². The third-order valence-electron chi connectivity index (χ3n) is 2.99. The minimum atomic E-state index is -0.366. The van der Waals surface area contributed by atoms with Gasteiger partial charge in [0, 0.05) is 12.6 Å². The highest BCUT2D eigenvalue weighted by Crippen LogP contribution is 2.16. The van der Waals surface area contributed by atoms with Crippen molar-refractivity contribution in [2.75, 3.05) is 7.05 Å². The molecule has 21 heavy (non-hydrogen) atoms. The summed E-state index contributed by atoms with van der Waals surface area (Å²) in [5.41, 5.74) is 4.03. The summed E-state index contributed by atoms with van der Waals surface area (Å²) in [7, 11) is 1.63. The molecule has 0 bridgehead atoms. The van der Waals surface area contributed by atoms with E-state index in [1.807, 2.05) is 36.4 Å². The number of aromatic hydroxyl groups is 1. The number of rotatable bonds is 5. The Balaban J connectivity index is 1.79. The molecule has 0 aromatic heterocycles. The number of carbonyl (C=O) groups excluding carboxylic acids is 1. The topological polar surface area (TPSA) is 61.8 Å². The molecule has 0 spiro atoms. The third kappa shape index (κ3) is 4.50. The van der Waals surface area contributed by atoms with E-state index >= 15 is 0 Å². The Morgan fingerprint density at radius 2 is 1.81 bits per heavy atom. The van der Waals surface area contributed by atoms with Crippen molar-refractivity contribution in [3.05, 3.63) is 65.7 Å². The molecule has 2 aromatic rings. The van der Waals surface area contributed by atoms with Gasteiger partial charge in [0.15, 0.2) is 0 Å². The SMILES string of the molecule is CN(Cc1ccccc1O)C(=O)NOCc1ccccc1. The average molecular weight is 286 g/mol. The molecule has 0 aliphatic carbocycles. The maximum atomic E-state index is 11.9. The smallest absolute Gasteiger partial charge is 0.341 e. The van der Waals surface area contributed by atoms with Crippen LogP contribution in [-0.2, 0) is 18.0 Å². The van der Waals surface area contributed by atoms with E-state index in [2.05, 4.69) is 5.48 Å². The zero-order chi connectivity index (χ0) is 15.1. The van der Waals surface area contributed by atoms with Crippen LogP contribution in [0.15, 0.2) is 54.6 Å². The number of benzene rings is 2. The summed E-state index contributed by atoms with van der Waals surface area (Å²) < 4.78 is 0. The van der Waals surface area contributed by atoms with Crippen molar-refractivity contribution in [2.24, 2.45) is 0 Å². The number of para-hydroxylation sites is 1. The molecule has 5 nitrogen and oxygen atoms in total. The van der Waals surface area contributed by atoms with Crippen molar-refractivity contribution in [3.8, 4) is 5.75 Å². The fourth-order valence-electron chi connectivity index (χ4n) is 1.81. The molecule has 2 rings (SSSR count). The number of phenols is 1. The fraction of sp³-hybridized carbons (Fsp3) is 0.188. The second-order valence-electron chi connectivity index (χ2n) is 4.67. The van der Waals surface area contributed by atoms with Crippen LogP contribution in [0, 0.1) is 0 Å². The van der Waals surface area contributed by atoms with Crippen LogP contribution in [0.5, 0.6) is 5.75 Å². The van der Waals surface area contributed by atoms with E-state index in [0.717, 1.165) is 5.56 Å². The minimum absolute atomic E-state index is 0.169. The lowest BCUT2D eigenvalue weighted by molar-refractivity contribution is 0.0382. The van der Waals surface area contributed by atoms with Crippen LogP contribution < -0.4 is 5.48 Å². The van der Waals surface area contributed by atoms with Crippen molar-refractivity contribution in [2.45, 2.75) is 13.2 Å². The summed E-state index contributed by atoms with van der Waals surface area (Å²) in [5.74, 6) is 0.169. The molecular formula is C16H18N2O3. The number of urea groups is 1. The summed E-state index contributed by atoms with van der Waals surface area (Å²) in [4.78, 5) is 18.5. The quantitative estimate of drug-likeness (QED) is 0.831. The van der Waals surface area contributed by atoms with Crippen LogP contribution in [0.1, 0.15) is 11.1 Å².